The Morgan fingerprint density at radius 3 is 2.56 bits per heavy atom. The summed E-state index contributed by atoms with van der Waals surface area (Å²) in [6.45, 7) is 5.77. The Bertz CT molecular complexity index is 1150. The Morgan fingerprint density at radius 1 is 1.09 bits per heavy atom. The van der Waals surface area contributed by atoms with Crippen molar-refractivity contribution in [1.82, 2.24) is 5.32 Å². The summed E-state index contributed by atoms with van der Waals surface area (Å²) in [5.41, 5.74) is 2.11. The van der Waals surface area contributed by atoms with Crippen LogP contribution in [0.4, 0.5) is 0 Å². The van der Waals surface area contributed by atoms with Gasteiger partial charge in [0.1, 0.15) is 17.9 Å². The van der Waals surface area contributed by atoms with Gasteiger partial charge in [-0.2, -0.15) is 0 Å². The van der Waals surface area contributed by atoms with Crippen molar-refractivity contribution in [2.75, 3.05) is 6.61 Å². The average molecular weight is 437 g/mol. The molecule has 1 N–H and O–H groups in total. The van der Waals surface area contributed by atoms with Crippen LogP contribution in [0, 0.1) is 6.92 Å². The Balaban J connectivity index is 1.53. The first-order chi connectivity index (χ1) is 15.4. The summed E-state index contributed by atoms with van der Waals surface area (Å²) in [4.78, 5) is 35.6. The lowest BCUT2D eigenvalue weighted by atomic mass is 10.1. The van der Waals surface area contributed by atoms with Gasteiger partial charge in [0, 0.05) is 23.6 Å². The zero-order valence-corrected chi connectivity index (χ0v) is 18.5. The van der Waals surface area contributed by atoms with Gasteiger partial charge >= 0.3 is 11.6 Å². The van der Waals surface area contributed by atoms with Crippen molar-refractivity contribution in [2.24, 2.45) is 0 Å². The maximum atomic E-state index is 12.2. The van der Waals surface area contributed by atoms with Gasteiger partial charge in [-0.25, -0.2) is 9.59 Å². The third-order valence-electron chi connectivity index (χ3n) is 4.98. The molecule has 3 aromatic rings. The second kappa shape index (κ2) is 10.6. The van der Waals surface area contributed by atoms with E-state index in [1.54, 1.807) is 30.3 Å². The van der Waals surface area contributed by atoms with Crippen molar-refractivity contribution in [2.45, 2.75) is 46.3 Å². The van der Waals surface area contributed by atoms with Gasteiger partial charge in [0.15, 0.2) is 6.61 Å². The van der Waals surface area contributed by atoms with Crippen LogP contribution < -0.4 is 15.7 Å². The highest BCUT2D eigenvalue weighted by Gasteiger charge is 2.12. The first-order valence-electron chi connectivity index (χ1n) is 10.6. The molecule has 1 heterocycles. The van der Waals surface area contributed by atoms with E-state index in [9.17, 15) is 14.4 Å². The molecule has 0 aliphatic rings. The monoisotopic (exact) mass is 437 g/mol. The number of hydrogen-bond acceptors (Lipinski definition) is 6. The fourth-order valence-electron chi connectivity index (χ4n) is 3.33. The third-order valence-corrected chi connectivity index (χ3v) is 4.98. The molecule has 0 fully saturated rings. The van der Waals surface area contributed by atoms with E-state index < -0.39 is 11.6 Å². The summed E-state index contributed by atoms with van der Waals surface area (Å²) in [7, 11) is 0. The number of fused-ring (bicyclic) bond motifs is 1. The maximum absolute atomic E-state index is 12.2. The molecular formula is C25H27NO6. The van der Waals surface area contributed by atoms with Crippen molar-refractivity contribution in [3.05, 3.63) is 75.6 Å². The molecule has 0 aliphatic heterocycles. The first-order valence-corrected chi connectivity index (χ1v) is 10.6. The van der Waals surface area contributed by atoms with Crippen molar-refractivity contribution < 1.29 is 23.5 Å². The SMILES string of the molecule is CCCC(C)NC(=O)COC(=O)c1ccc(COc2ccc3c(C)cc(=O)oc3c2)cc1. The van der Waals surface area contributed by atoms with Crippen LogP contribution in [0.3, 0.4) is 0 Å². The molecule has 0 saturated carbocycles. The number of ether oxygens (including phenoxy) is 2. The van der Waals surface area contributed by atoms with E-state index in [2.05, 4.69) is 5.32 Å². The van der Waals surface area contributed by atoms with Gasteiger partial charge in [-0.3, -0.25) is 4.79 Å². The summed E-state index contributed by atoms with van der Waals surface area (Å²) >= 11 is 0. The quantitative estimate of drug-likeness (QED) is 0.399. The Kier molecular flexibility index (Phi) is 7.65. The van der Waals surface area contributed by atoms with Crippen molar-refractivity contribution in [3.8, 4) is 5.75 Å². The highest BCUT2D eigenvalue weighted by atomic mass is 16.5. The number of amides is 1. The minimum atomic E-state index is -0.560. The lowest BCUT2D eigenvalue weighted by Crippen LogP contribution is -2.35. The molecule has 2 aromatic carbocycles. The summed E-state index contributed by atoms with van der Waals surface area (Å²) in [6, 6.07) is 13.6. The molecule has 7 heteroatoms. The van der Waals surface area contributed by atoms with Gasteiger partial charge in [-0.1, -0.05) is 25.5 Å². The number of hydrogen-bond donors (Lipinski definition) is 1. The Hall–Kier alpha value is -3.61. The Labute approximate surface area is 186 Å². The smallest absolute Gasteiger partial charge is 0.338 e. The average Bonchev–Trinajstić information content (AvgIpc) is 2.76. The van der Waals surface area contributed by atoms with Crippen LogP contribution in [0.25, 0.3) is 11.0 Å². The minimum Gasteiger partial charge on any atom is -0.489 e. The molecule has 3 rings (SSSR count). The third kappa shape index (κ3) is 6.20. The van der Waals surface area contributed by atoms with Gasteiger partial charge in [0.2, 0.25) is 0 Å². The summed E-state index contributed by atoms with van der Waals surface area (Å²) in [5.74, 6) is -0.306. The number of rotatable bonds is 9. The van der Waals surface area contributed by atoms with Gasteiger partial charge in [0.05, 0.1) is 5.56 Å². The predicted molar refractivity (Wildman–Crippen MR) is 121 cm³/mol. The number of carbonyl (C=O) groups is 2. The standard InChI is InChI=1S/C25H27NO6/c1-4-5-17(3)26-23(27)15-31-25(29)19-8-6-18(7-9-19)14-30-20-10-11-21-16(2)12-24(28)32-22(21)13-20/h6-13,17H,4-5,14-15H2,1-3H3,(H,26,27). The van der Waals surface area contributed by atoms with Crippen LogP contribution in [0.2, 0.25) is 0 Å². The second-order valence-corrected chi connectivity index (χ2v) is 7.73. The Morgan fingerprint density at radius 2 is 1.84 bits per heavy atom. The van der Waals surface area contributed by atoms with Crippen molar-refractivity contribution in [3.63, 3.8) is 0 Å². The number of nitrogens with one attached hydrogen (secondary N) is 1. The van der Waals surface area contributed by atoms with E-state index in [0.29, 0.717) is 16.9 Å². The predicted octanol–water partition coefficient (Wildman–Crippen LogP) is 4.14. The minimum absolute atomic E-state index is 0.0492. The van der Waals surface area contributed by atoms with E-state index in [1.165, 1.54) is 6.07 Å². The number of carbonyl (C=O) groups excluding carboxylic acids is 2. The van der Waals surface area contributed by atoms with Crippen LogP contribution in [-0.4, -0.2) is 24.5 Å². The molecule has 0 spiro atoms. The molecule has 7 nitrogen and oxygen atoms in total. The van der Waals surface area contributed by atoms with Gasteiger partial charge < -0.3 is 19.2 Å². The molecule has 168 valence electrons. The summed E-state index contributed by atoms with van der Waals surface area (Å²) in [5, 5.41) is 3.64. The van der Waals surface area contributed by atoms with E-state index in [0.717, 1.165) is 29.4 Å². The summed E-state index contributed by atoms with van der Waals surface area (Å²) < 4.78 is 16.1. The molecule has 1 unspecified atom stereocenters. The number of benzene rings is 2. The molecule has 0 bridgehead atoms. The van der Waals surface area contributed by atoms with Gasteiger partial charge in [-0.15, -0.1) is 0 Å². The topological polar surface area (TPSA) is 94.8 Å². The molecule has 0 saturated heterocycles. The molecule has 0 radical (unpaired) electrons. The highest BCUT2D eigenvalue weighted by Crippen LogP contribution is 2.23. The zero-order valence-electron chi connectivity index (χ0n) is 18.5. The summed E-state index contributed by atoms with van der Waals surface area (Å²) in [6.07, 6.45) is 1.84. The number of esters is 1. The lowest BCUT2D eigenvalue weighted by molar-refractivity contribution is -0.124. The van der Waals surface area contributed by atoms with E-state index in [-0.39, 0.29) is 25.2 Å². The van der Waals surface area contributed by atoms with E-state index in [1.807, 2.05) is 32.9 Å². The van der Waals surface area contributed by atoms with Crippen molar-refractivity contribution >= 4 is 22.8 Å². The van der Waals surface area contributed by atoms with Crippen LogP contribution in [-0.2, 0) is 16.1 Å². The normalized spacial score (nSPS) is 11.7. The van der Waals surface area contributed by atoms with Gasteiger partial charge in [-0.05, 0) is 55.7 Å². The fraction of sp³-hybridized carbons (Fsp3) is 0.320. The zero-order chi connectivity index (χ0) is 23.1. The van der Waals surface area contributed by atoms with Gasteiger partial charge in [0.25, 0.3) is 5.91 Å². The molecule has 1 atom stereocenters. The molecule has 32 heavy (non-hydrogen) atoms. The highest BCUT2D eigenvalue weighted by molar-refractivity contribution is 5.91. The molecule has 1 aromatic heterocycles. The fourth-order valence-corrected chi connectivity index (χ4v) is 3.33. The molecular weight excluding hydrogens is 410 g/mol. The van der Waals surface area contributed by atoms with Crippen molar-refractivity contribution in [1.29, 1.82) is 0 Å². The lowest BCUT2D eigenvalue weighted by Gasteiger charge is -2.12. The van der Waals surface area contributed by atoms with Crippen LogP contribution in [0.15, 0.2) is 57.7 Å². The van der Waals surface area contributed by atoms with E-state index in [4.69, 9.17) is 13.9 Å². The molecule has 0 aliphatic carbocycles. The van der Waals surface area contributed by atoms with Crippen LogP contribution >= 0.6 is 0 Å². The number of aryl methyl sites for hydroxylation is 1. The van der Waals surface area contributed by atoms with E-state index >= 15 is 0 Å². The van der Waals surface area contributed by atoms with Crippen LogP contribution in [0.5, 0.6) is 5.75 Å². The second-order valence-electron chi connectivity index (χ2n) is 7.73. The van der Waals surface area contributed by atoms with Crippen LogP contribution in [0.1, 0.15) is 48.2 Å². The maximum Gasteiger partial charge on any atom is 0.338 e. The largest absolute Gasteiger partial charge is 0.489 e. The first kappa shape index (κ1) is 23.1. The molecule has 1 amide bonds.